The molecule has 1 aromatic rings. The lowest BCUT2D eigenvalue weighted by Gasteiger charge is -2.33. The number of hydrogen-bond acceptors (Lipinski definition) is 3. The first-order valence-corrected chi connectivity index (χ1v) is 9.06. The summed E-state index contributed by atoms with van der Waals surface area (Å²) in [5.74, 6) is 0.549. The second-order valence-corrected chi connectivity index (χ2v) is 7.94. The SMILES string of the molecule is Cc1[nH]ncc1S(=O)(=O)N1CCCC1C1CCCCC1. The van der Waals surface area contributed by atoms with Crippen molar-refractivity contribution in [1.82, 2.24) is 14.5 Å². The van der Waals surface area contributed by atoms with Crippen LogP contribution in [0.4, 0.5) is 0 Å². The maximum absolute atomic E-state index is 12.8. The van der Waals surface area contributed by atoms with Gasteiger partial charge in [0.05, 0.1) is 11.9 Å². The van der Waals surface area contributed by atoms with E-state index in [0.717, 1.165) is 12.8 Å². The van der Waals surface area contributed by atoms with Gasteiger partial charge in [0.2, 0.25) is 10.0 Å². The molecule has 2 fully saturated rings. The van der Waals surface area contributed by atoms with Crippen LogP contribution >= 0.6 is 0 Å². The van der Waals surface area contributed by atoms with Crippen LogP contribution < -0.4 is 0 Å². The van der Waals surface area contributed by atoms with Crippen molar-refractivity contribution in [2.75, 3.05) is 6.54 Å². The van der Waals surface area contributed by atoms with E-state index in [1.807, 2.05) is 0 Å². The second-order valence-electron chi connectivity index (χ2n) is 6.08. The van der Waals surface area contributed by atoms with E-state index < -0.39 is 10.0 Å². The smallest absolute Gasteiger partial charge is 0.246 e. The van der Waals surface area contributed by atoms with Crippen molar-refractivity contribution in [1.29, 1.82) is 0 Å². The quantitative estimate of drug-likeness (QED) is 0.932. The van der Waals surface area contributed by atoms with Gasteiger partial charge in [0.1, 0.15) is 4.90 Å². The van der Waals surface area contributed by atoms with Crippen LogP contribution in [-0.4, -0.2) is 35.5 Å². The first-order chi connectivity index (χ1) is 9.60. The van der Waals surface area contributed by atoms with E-state index in [2.05, 4.69) is 10.2 Å². The van der Waals surface area contributed by atoms with Crippen molar-refractivity contribution in [3.05, 3.63) is 11.9 Å². The summed E-state index contributed by atoms with van der Waals surface area (Å²) in [4.78, 5) is 0.347. The number of sulfonamides is 1. The van der Waals surface area contributed by atoms with Crippen LogP contribution in [0.1, 0.15) is 50.6 Å². The summed E-state index contributed by atoms with van der Waals surface area (Å²) in [6.45, 7) is 2.43. The van der Waals surface area contributed by atoms with Gasteiger partial charge in [-0.3, -0.25) is 5.10 Å². The average Bonchev–Trinajstić information content (AvgIpc) is 3.08. The average molecular weight is 297 g/mol. The molecule has 1 saturated carbocycles. The van der Waals surface area contributed by atoms with Gasteiger partial charge >= 0.3 is 0 Å². The number of H-pyrrole nitrogens is 1. The third-order valence-electron chi connectivity index (χ3n) is 4.81. The van der Waals surface area contributed by atoms with Gasteiger partial charge in [-0.05, 0) is 38.5 Å². The molecule has 5 nitrogen and oxygen atoms in total. The van der Waals surface area contributed by atoms with Crippen LogP contribution in [-0.2, 0) is 10.0 Å². The lowest BCUT2D eigenvalue weighted by Crippen LogP contribution is -2.40. The molecule has 112 valence electrons. The minimum Gasteiger partial charge on any atom is -0.281 e. The summed E-state index contributed by atoms with van der Waals surface area (Å²) in [5, 5.41) is 6.60. The Kier molecular flexibility index (Phi) is 3.86. The molecule has 0 spiro atoms. The second kappa shape index (κ2) is 5.48. The van der Waals surface area contributed by atoms with Crippen LogP contribution in [0.15, 0.2) is 11.1 Å². The van der Waals surface area contributed by atoms with E-state index in [9.17, 15) is 8.42 Å². The molecule has 0 amide bonds. The molecular weight excluding hydrogens is 274 g/mol. The number of aryl methyl sites for hydroxylation is 1. The highest BCUT2D eigenvalue weighted by atomic mass is 32.2. The number of rotatable bonds is 3. The predicted molar refractivity (Wildman–Crippen MR) is 76.8 cm³/mol. The Bertz CT molecular complexity index is 561. The molecule has 0 bridgehead atoms. The number of hydrogen-bond donors (Lipinski definition) is 1. The summed E-state index contributed by atoms with van der Waals surface area (Å²) in [6.07, 6.45) is 9.61. The molecule has 6 heteroatoms. The summed E-state index contributed by atoms with van der Waals surface area (Å²) in [7, 11) is -3.38. The zero-order valence-corrected chi connectivity index (χ0v) is 12.8. The molecule has 1 unspecified atom stereocenters. The first-order valence-electron chi connectivity index (χ1n) is 7.62. The first kappa shape index (κ1) is 14.1. The Balaban J connectivity index is 1.86. The van der Waals surface area contributed by atoms with Gasteiger partial charge < -0.3 is 0 Å². The van der Waals surface area contributed by atoms with Crippen molar-refractivity contribution in [3.63, 3.8) is 0 Å². The van der Waals surface area contributed by atoms with Gasteiger partial charge in [-0.25, -0.2) is 8.42 Å². The van der Waals surface area contributed by atoms with Gasteiger partial charge in [0, 0.05) is 12.6 Å². The van der Waals surface area contributed by atoms with E-state index in [0.29, 0.717) is 23.1 Å². The molecule has 1 aliphatic heterocycles. The Hall–Kier alpha value is -0.880. The zero-order valence-electron chi connectivity index (χ0n) is 12.0. The fraction of sp³-hybridized carbons (Fsp3) is 0.786. The van der Waals surface area contributed by atoms with E-state index in [1.54, 1.807) is 11.2 Å². The summed E-state index contributed by atoms with van der Waals surface area (Å²) < 4.78 is 27.4. The van der Waals surface area contributed by atoms with Crippen molar-refractivity contribution in [2.45, 2.75) is 62.8 Å². The molecular formula is C14H23N3O2S. The lowest BCUT2D eigenvalue weighted by atomic mass is 9.83. The molecule has 20 heavy (non-hydrogen) atoms. The fourth-order valence-electron chi connectivity index (χ4n) is 3.78. The van der Waals surface area contributed by atoms with Gasteiger partial charge in [-0.1, -0.05) is 19.3 Å². The molecule has 2 heterocycles. The molecule has 1 N–H and O–H groups in total. The molecule has 0 radical (unpaired) electrons. The standard InChI is InChI=1S/C14H23N3O2S/c1-11-14(10-15-16-11)20(18,19)17-9-5-8-13(17)12-6-3-2-4-7-12/h10,12-13H,2-9H2,1H3,(H,15,16). The van der Waals surface area contributed by atoms with Gasteiger partial charge in [0.25, 0.3) is 0 Å². The van der Waals surface area contributed by atoms with Crippen molar-refractivity contribution >= 4 is 10.0 Å². The molecule has 1 aromatic heterocycles. The van der Waals surface area contributed by atoms with Gasteiger partial charge in [-0.15, -0.1) is 0 Å². The van der Waals surface area contributed by atoms with E-state index in [1.165, 1.54) is 38.3 Å². The Morgan fingerprint density at radius 3 is 2.60 bits per heavy atom. The monoisotopic (exact) mass is 297 g/mol. The maximum Gasteiger partial charge on any atom is 0.246 e. The molecule has 1 saturated heterocycles. The van der Waals surface area contributed by atoms with Crippen molar-refractivity contribution < 1.29 is 8.42 Å². The molecule has 0 aromatic carbocycles. The maximum atomic E-state index is 12.8. The Morgan fingerprint density at radius 2 is 1.95 bits per heavy atom. The third-order valence-corrected chi connectivity index (χ3v) is 6.85. The predicted octanol–water partition coefficient (Wildman–Crippen LogP) is 2.45. The molecule has 2 aliphatic rings. The van der Waals surface area contributed by atoms with Crippen molar-refractivity contribution in [2.24, 2.45) is 5.92 Å². The molecule has 3 rings (SSSR count). The minimum atomic E-state index is -3.38. The topological polar surface area (TPSA) is 66.1 Å². The molecule has 1 aliphatic carbocycles. The van der Waals surface area contributed by atoms with Crippen LogP contribution in [0.2, 0.25) is 0 Å². The highest BCUT2D eigenvalue weighted by Gasteiger charge is 2.40. The molecule has 1 atom stereocenters. The largest absolute Gasteiger partial charge is 0.281 e. The van der Waals surface area contributed by atoms with E-state index in [-0.39, 0.29) is 6.04 Å². The van der Waals surface area contributed by atoms with E-state index in [4.69, 9.17) is 0 Å². The number of nitrogens with one attached hydrogen (secondary N) is 1. The van der Waals surface area contributed by atoms with Gasteiger partial charge in [-0.2, -0.15) is 9.40 Å². The summed E-state index contributed by atoms with van der Waals surface area (Å²) in [6, 6.07) is 0.203. The Labute approximate surface area is 120 Å². The normalized spacial score (nSPS) is 26.1. The van der Waals surface area contributed by atoms with Crippen molar-refractivity contribution in [3.8, 4) is 0 Å². The van der Waals surface area contributed by atoms with Gasteiger partial charge in [0.15, 0.2) is 0 Å². The van der Waals surface area contributed by atoms with E-state index >= 15 is 0 Å². The van der Waals surface area contributed by atoms with Crippen LogP contribution in [0.25, 0.3) is 0 Å². The van der Waals surface area contributed by atoms with Crippen LogP contribution in [0, 0.1) is 12.8 Å². The summed E-state index contributed by atoms with van der Waals surface area (Å²) in [5.41, 5.74) is 0.638. The highest BCUT2D eigenvalue weighted by Crippen LogP contribution is 2.37. The fourth-order valence-corrected chi connectivity index (χ4v) is 5.65. The highest BCUT2D eigenvalue weighted by molar-refractivity contribution is 7.89. The number of aromatic nitrogens is 2. The summed E-state index contributed by atoms with van der Waals surface area (Å²) >= 11 is 0. The third kappa shape index (κ3) is 2.39. The van der Waals surface area contributed by atoms with Crippen LogP contribution in [0.5, 0.6) is 0 Å². The number of aromatic amines is 1. The zero-order chi connectivity index (χ0) is 14.2. The number of nitrogens with zero attached hydrogens (tertiary/aromatic N) is 2. The Morgan fingerprint density at radius 1 is 1.20 bits per heavy atom. The lowest BCUT2D eigenvalue weighted by molar-refractivity contribution is 0.226. The minimum absolute atomic E-state index is 0.203. The van der Waals surface area contributed by atoms with Crippen LogP contribution in [0.3, 0.4) is 0 Å².